The molecule has 70 valence electrons. The van der Waals surface area contributed by atoms with Crippen LogP contribution in [0.1, 0.15) is 31.5 Å². The molecule has 0 aromatic carbocycles. The Kier molecular flexibility index (Phi) is 2.89. The van der Waals surface area contributed by atoms with E-state index in [1.165, 1.54) is 4.68 Å². The van der Waals surface area contributed by atoms with E-state index in [1.54, 1.807) is 6.20 Å². The number of nitrogens with zero attached hydrogens (tertiary/aromatic N) is 1. The number of halogens is 2. The highest BCUT2D eigenvalue weighted by Crippen LogP contribution is 2.16. The second kappa shape index (κ2) is 3.74. The number of alkyl halides is 2. The largest absolute Gasteiger partial charge is 0.301 e. The molecule has 0 saturated heterocycles. The zero-order valence-electron chi connectivity index (χ0n) is 7.35. The average molecular weight is 176 g/mol. The van der Waals surface area contributed by atoms with Crippen molar-refractivity contribution in [1.29, 1.82) is 0 Å². The lowest BCUT2D eigenvalue weighted by molar-refractivity contribution is 0.258. The highest BCUT2D eigenvalue weighted by molar-refractivity contribution is 5.03. The van der Waals surface area contributed by atoms with E-state index in [2.05, 4.69) is 5.10 Å². The maximum atomic E-state index is 12.1. The minimum absolute atomic E-state index is 0.390. The molecule has 0 radical (unpaired) electrons. The lowest BCUT2D eigenvalue weighted by Crippen LogP contribution is -2.22. The van der Waals surface area contributed by atoms with Crippen molar-refractivity contribution in [3.05, 3.63) is 11.9 Å². The number of hydrogen-bond acceptors (Lipinski definition) is 0. The number of aromatic nitrogens is 2. The molecule has 0 bridgehead atoms. The van der Waals surface area contributed by atoms with E-state index in [1.807, 2.05) is 13.8 Å². The first-order valence-electron chi connectivity index (χ1n) is 4.07. The Morgan fingerprint density at radius 1 is 1.42 bits per heavy atom. The predicted molar refractivity (Wildman–Crippen MR) is 43.9 cm³/mol. The summed E-state index contributed by atoms with van der Waals surface area (Å²) in [6, 6.07) is -0.660. The molecule has 0 aliphatic rings. The monoisotopic (exact) mass is 176 g/mol. The highest BCUT2D eigenvalue weighted by atomic mass is 19.1. The Balaban J connectivity index is 2.55. The predicted octanol–water partition coefficient (Wildman–Crippen LogP) is 2.42. The lowest BCUT2D eigenvalue weighted by atomic mass is 10.1. The van der Waals surface area contributed by atoms with Crippen LogP contribution in [0.4, 0.5) is 8.78 Å². The van der Waals surface area contributed by atoms with E-state index in [-0.39, 0.29) is 0 Å². The first-order valence-corrected chi connectivity index (χ1v) is 4.07. The van der Waals surface area contributed by atoms with Crippen LogP contribution < -0.4 is 0 Å². The smallest absolute Gasteiger partial charge is 0.114 e. The third-order valence-corrected chi connectivity index (χ3v) is 1.91. The van der Waals surface area contributed by atoms with Crippen LogP contribution in [0.5, 0.6) is 0 Å². The van der Waals surface area contributed by atoms with E-state index < -0.39 is 19.4 Å². The molecule has 0 aliphatic heterocycles. The molecular formula is C8H14F2N2. The quantitative estimate of drug-likeness (QED) is 0.727. The molecule has 0 spiro atoms. The van der Waals surface area contributed by atoms with Crippen LogP contribution in [0, 0.1) is 0 Å². The number of H-pyrrole nitrogens is 1. The average Bonchev–Trinajstić information content (AvgIpc) is 1.94. The van der Waals surface area contributed by atoms with Gasteiger partial charge in [-0.1, -0.05) is 13.8 Å². The van der Waals surface area contributed by atoms with Gasteiger partial charge in [-0.05, 0) is 5.92 Å². The molecule has 2 nitrogen and oxygen atoms in total. The van der Waals surface area contributed by atoms with Crippen LogP contribution in [-0.4, -0.2) is 23.1 Å². The molecule has 0 aliphatic carbocycles. The molecule has 1 heterocycles. The molecule has 1 aromatic heterocycles. The van der Waals surface area contributed by atoms with E-state index >= 15 is 0 Å². The van der Waals surface area contributed by atoms with Gasteiger partial charge in [0.2, 0.25) is 0 Å². The highest BCUT2D eigenvalue weighted by Gasteiger charge is 2.14. The Labute approximate surface area is 70.5 Å². The SMILES string of the molecule is CC(C)c1cn(C(CF)CF)[nH]1. The van der Waals surface area contributed by atoms with Crippen molar-refractivity contribution >= 4 is 0 Å². The van der Waals surface area contributed by atoms with Crippen LogP contribution in [0.3, 0.4) is 0 Å². The van der Waals surface area contributed by atoms with E-state index in [0.29, 0.717) is 5.92 Å². The van der Waals surface area contributed by atoms with Gasteiger partial charge in [0.15, 0.2) is 0 Å². The molecule has 1 aromatic rings. The minimum atomic E-state index is -0.661. The van der Waals surface area contributed by atoms with E-state index in [9.17, 15) is 8.78 Å². The first-order chi connectivity index (χ1) is 5.69. The van der Waals surface area contributed by atoms with Crippen molar-refractivity contribution in [1.82, 2.24) is 9.78 Å². The summed E-state index contributed by atoms with van der Waals surface area (Å²) in [5.41, 5.74) is 1.03. The molecule has 0 saturated carbocycles. The Hall–Kier alpha value is -0.800. The molecule has 1 N–H and O–H groups in total. The first kappa shape index (κ1) is 9.29. The van der Waals surface area contributed by atoms with Gasteiger partial charge in [-0.2, -0.15) is 0 Å². The van der Waals surface area contributed by atoms with Crippen LogP contribution in [0.2, 0.25) is 0 Å². The van der Waals surface area contributed by atoms with Gasteiger partial charge in [-0.25, -0.2) is 8.78 Å². The van der Waals surface area contributed by atoms with Crippen LogP contribution in [-0.2, 0) is 0 Å². The van der Waals surface area contributed by atoms with E-state index in [0.717, 1.165) is 5.69 Å². The van der Waals surface area contributed by atoms with Crippen LogP contribution >= 0.6 is 0 Å². The third kappa shape index (κ3) is 1.68. The number of hydrogen-bond donors (Lipinski definition) is 1. The second-order valence-corrected chi connectivity index (χ2v) is 3.22. The van der Waals surface area contributed by atoms with Gasteiger partial charge in [0.25, 0.3) is 0 Å². The molecule has 0 fully saturated rings. The van der Waals surface area contributed by atoms with Crippen molar-refractivity contribution in [2.75, 3.05) is 13.3 Å². The molecule has 0 atom stereocenters. The van der Waals surface area contributed by atoms with Gasteiger partial charge >= 0.3 is 0 Å². The summed E-state index contributed by atoms with van der Waals surface area (Å²) in [4.78, 5) is 0. The Bertz CT molecular complexity index is 211. The summed E-state index contributed by atoms with van der Waals surface area (Å²) < 4.78 is 25.7. The fourth-order valence-electron chi connectivity index (χ4n) is 0.959. The normalized spacial score (nSPS) is 11.8. The zero-order valence-corrected chi connectivity index (χ0v) is 7.35. The van der Waals surface area contributed by atoms with Gasteiger partial charge in [-0.3, -0.25) is 4.68 Å². The number of nitrogens with one attached hydrogen (secondary N) is 1. The van der Waals surface area contributed by atoms with Crippen molar-refractivity contribution < 1.29 is 8.78 Å². The molecular weight excluding hydrogens is 162 g/mol. The van der Waals surface area contributed by atoms with Gasteiger partial charge in [0.05, 0.1) is 5.69 Å². The number of aromatic amines is 1. The van der Waals surface area contributed by atoms with Gasteiger partial charge < -0.3 is 5.10 Å². The van der Waals surface area contributed by atoms with Crippen molar-refractivity contribution in [3.8, 4) is 0 Å². The van der Waals surface area contributed by atoms with Crippen LogP contribution in [0.25, 0.3) is 0 Å². The summed E-state index contributed by atoms with van der Waals surface area (Å²) in [7, 11) is 0. The summed E-state index contributed by atoms with van der Waals surface area (Å²) in [6.07, 6.45) is 1.76. The fraction of sp³-hybridized carbons (Fsp3) is 0.750. The second-order valence-electron chi connectivity index (χ2n) is 3.22. The summed E-state index contributed by atoms with van der Waals surface area (Å²) >= 11 is 0. The topological polar surface area (TPSA) is 20.7 Å². The van der Waals surface area contributed by atoms with Crippen molar-refractivity contribution in [2.45, 2.75) is 25.8 Å². The van der Waals surface area contributed by atoms with Gasteiger partial charge in [-0.15, -0.1) is 0 Å². The van der Waals surface area contributed by atoms with Crippen LogP contribution in [0.15, 0.2) is 6.20 Å². The van der Waals surface area contributed by atoms with Gasteiger partial charge in [0, 0.05) is 6.20 Å². The number of rotatable bonds is 4. The molecule has 0 unspecified atom stereocenters. The standard InChI is InChI=1S/C8H14F2N2/c1-6(2)8-5-12(11-8)7(3-9)4-10/h5-7,11H,3-4H2,1-2H3. The summed E-state index contributed by atoms with van der Waals surface area (Å²) in [5, 5.41) is 2.90. The van der Waals surface area contributed by atoms with Crippen molar-refractivity contribution in [2.24, 2.45) is 0 Å². The molecule has 4 heteroatoms. The maximum Gasteiger partial charge on any atom is 0.114 e. The lowest BCUT2D eigenvalue weighted by Gasteiger charge is -2.22. The Morgan fingerprint density at radius 3 is 2.25 bits per heavy atom. The minimum Gasteiger partial charge on any atom is -0.301 e. The maximum absolute atomic E-state index is 12.1. The van der Waals surface area contributed by atoms with E-state index in [4.69, 9.17) is 0 Å². The Morgan fingerprint density at radius 2 is 1.92 bits per heavy atom. The van der Waals surface area contributed by atoms with Crippen molar-refractivity contribution in [3.63, 3.8) is 0 Å². The van der Waals surface area contributed by atoms with Gasteiger partial charge in [0.1, 0.15) is 19.4 Å². The molecule has 0 amide bonds. The molecule has 1 rings (SSSR count). The summed E-state index contributed by atoms with van der Waals surface area (Å²) in [6.45, 7) is 2.73. The summed E-state index contributed by atoms with van der Waals surface area (Å²) in [5.74, 6) is 0.390. The zero-order chi connectivity index (χ0) is 9.14. The molecule has 12 heavy (non-hydrogen) atoms. The fourth-order valence-corrected chi connectivity index (χ4v) is 0.959. The third-order valence-electron chi connectivity index (χ3n) is 1.91.